The van der Waals surface area contributed by atoms with E-state index in [2.05, 4.69) is 20.6 Å². The van der Waals surface area contributed by atoms with Gasteiger partial charge in [-0.15, -0.1) is 0 Å². The van der Waals surface area contributed by atoms with Crippen LogP contribution in [0.15, 0.2) is 43.0 Å². The van der Waals surface area contributed by atoms with Gasteiger partial charge in [-0.3, -0.25) is 9.59 Å². The Kier molecular flexibility index (Phi) is 4.12. The van der Waals surface area contributed by atoms with Crippen LogP contribution in [0.2, 0.25) is 0 Å². The molecule has 1 aliphatic rings. The van der Waals surface area contributed by atoms with E-state index in [0.717, 1.165) is 5.56 Å². The van der Waals surface area contributed by atoms with Crippen molar-refractivity contribution in [2.75, 3.05) is 11.9 Å². The smallest absolute Gasteiger partial charge is 0.278 e. The summed E-state index contributed by atoms with van der Waals surface area (Å²) < 4.78 is 1.73. The number of aryl methyl sites for hydroxylation is 1. The van der Waals surface area contributed by atoms with E-state index in [1.165, 1.54) is 12.8 Å². The zero-order valence-electron chi connectivity index (χ0n) is 14.4. The van der Waals surface area contributed by atoms with Crippen molar-refractivity contribution in [3.8, 4) is 0 Å². The number of aromatic nitrogens is 3. The van der Waals surface area contributed by atoms with Crippen LogP contribution in [0.1, 0.15) is 39.3 Å². The Morgan fingerprint density at radius 2 is 1.92 bits per heavy atom. The van der Waals surface area contributed by atoms with Gasteiger partial charge >= 0.3 is 0 Å². The van der Waals surface area contributed by atoms with E-state index >= 15 is 0 Å². The molecule has 0 atom stereocenters. The number of nitrogens with one attached hydrogen (secondary N) is 2. The summed E-state index contributed by atoms with van der Waals surface area (Å²) in [6.45, 7) is 2.59. The summed E-state index contributed by atoms with van der Waals surface area (Å²) in [7, 11) is 0. The lowest BCUT2D eigenvalue weighted by Gasteiger charge is -2.11. The van der Waals surface area contributed by atoms with Crippen molar-refractivity contribution in [1.82, 2.24) is 19.7 Å². The van der Waals surface area contributed by atoms with Crippen molar-refractivity contribution in [3.63, 3.8) is 0 Å². The largest absolute Gasteiger partial charge is 0.352 e. The van der Waals surface area contributed by atoms with Crippen LogP contribution in [-0.4, -0.2) is 32.7 Å². The maximum atomic E-state index is 12.7. The highest BCUT2D eigenvalue weighted by atomic mass is 16.2. The number of hydrogen-bond donors (Lipinski definition) is 2. The molecule has 2 heterocycles. The number of carbonyl (C=O) groups is 2. The molecule has 7 nitrogen and oxygen atoms in total. The van der Waals surface area contributed by atoms with Gasteiger partial charge in [0.2, 0.25) is 0 Å². The van der Waals surface area contributed by atoms with Crippen LogP contribution >= 0.6 is 0 Å². The van der Waals surface area contributed by atoms with Crippen LogP contribution in [0.3, 0.4) is 0 Å². The van der Waals surface area contributed by atoms with Crippen LogP contribution in [0.4, 0.5) is 5.69 Å². The molecule has 3 aromatic rings. The van der Waals surface area contributed by atoms with E-state index < -0.39 is 0 Å². The molecule has 1 fully saturated rings. The molecular formula is C19H19N5O2. The minimum absolute atomic E-state index is 0.124. The van der Waals surface area contributed by atoms with E-state index in [0.29, 0.717) is 29.4 Å². The monoisotopic (exact) mass is 349 g/mol. The summed E-state index contributed by atoms with van der Waals surface area (Å²) in [5, 5.41) is 5.78. The number of anilines is 1. The maximum Gasteiger partial charge on any atom is 0.278 e. The molecule has 2 aromatic heterocycles. The van der Waals surface area contributed by atoms with Crippen molar-refractivity contribution in [1.29, 1.82) is 0 Å². The number of imidazole rings is 1. The predicted octanol–water partition coefficient (Wildman–Crippen LogP) is 2.43. The van der Waals surface area contributed by atoms with Crippen molar-refractivity contribution >= 4 is 23.1 Å². The molecule has 4 rings (SSSR count). The fourth-order valence-corrected chi connectivity index (χ4v) is 2.75. The normalized spacial score (nSPS) is 13.6. The molecule has 0 spiro atoms. The molecule has 0 saturated heterocycles. The Balaban J connectivity index is 1.55. The van der Waals surface area contributed by atoms with Crippen LogP contribution in [0.25, 0.3) is 5.65 Å². The average Bonchev–Trinajstić information content (AvgIpc) is 3.35. The van der Waals surface area contributed by atoms with Gasteiger partial charge in [-0.1, -0.05) is 6.07 Å². The van der Waals surface area contributed by atoms with Gasteiger partial charge < -0.3 is 15.0 Å². The first kappa shape index (κ1) is 16.3. The highest BCUT2D eigenvalue weighted by Gasteiger charge is 2.22. The van der Waals surface area contributed by atoms with Crippen LogP contribution in [0, 0.1) is 12.8 Å². The van der Waals surface area contributed by atoms with E-state index in [1.54, 1.807) is 41.3 Å². The molecule has 0 radical (unpaired) electrons. The quantitative estimate of drug-likeness (QED) is 0.740. The molecule has 0 bridgehead atoms. The summed E-state index contributed by atoms with van der Waals surface area (Å²) in [6.07, 6.45) is 9.02. The van der Waals surface area contributed by atoms with Gasteiger partial charge in [0, 0.05) is 42.6 Å². The molecule has 1 saturated carbocycles. The van der Waals surface area contributed by atoms with Gasteiger partial charge in [-0.2, -0.15) is 0 Å². The SMILES string of the molecule is Cc1ccc(C(=O)NCC2CC2)cc1NC(=O)c1nccn2ccnc12. The molecule has 0 aliphatic heterocycles. The lowest BCUT2D eigenvalue weighted by atomic mass is 10.1. The van der Waals surface area contributed by atoms with Crippen LogP contribution < -0.4 is 10.6 Å². The maximum absolute atomic E-state index is 12.7. The third-order valence-corrected chi connectivity index (χ3v) is 4.52. The Labute approximate surface area is 150 Å². The van der Waals surface area contributed by atoms with E-state index in [9.17, 15) is 9.59 Å². The number of amides is 2. The average molecular weight is 349 g/mol. The number of benzene rings is 1. The molecule has 132 valence electrons. The first-order chi connectivity index (χ1) is 12.6. The number of fused-ring (bicyclic) bond motifs is 1. The van der Waals surface area contributed by atoms with E-state index in [1.807, 2.05) is 13.0 Å². The van der Waals surface area contributed by atoms with Crippen molar-refractivity contribution in [3.05, 3.63) is 59.8 Å². The number of rotatable bonds is 5. The molecule has 1 aromatic carbocycles. The van der Waals surface area contributed by atoms with Crippen LogP contribution in [-0.2, 0) is 0 Å². The molecular weight excluding hydrogens is 330 g/mol. The molecule has 7 heteroatoms. The zero-order chi connectivity index (χ0) is 18.1. The van der Waals surface area contributed by atoms with Gasteiger partial charge in [0.15, 0.2) is 11.3 Å². The summed E-state index contributed by atoms with van der Waals surface area (Å²) in [5.74, 6) is 0.131. The van der Waals surface area contributed by atoms with Crippen molar-refractivity contribution in [2.45, 2.75) is 19.8 Å². The summed E-state index contributed by atoms with van der Waals surface area (Å²) >= 11 is 0. The summed E-state index contributed by atoms with van der Waals surface area (Å²) in [6, 6.07) is 5.28. The third kappa shape index (κ3) is 3.28. The Morgan fingerprint density at radius 3 is 2.69 bits per heavy atom. The summed E-state index contributed by atoms with van der Waals surface area (Å²) in [4.78, 5) is 33.3. The lowest BCUT2D eigenvalue weighted by Crippen LogP contribution is -2.25. The second-order valence-electron chi connectivity index (χ2n) is 6.57. The first-order valence-electron chi connectivity index (χ1n) is 8.59. The zero-order valence-corrected chi connectivity index (χ0v) is 14.4. The van der Waals surface area contributed by atoms with Gasteiger partial charge in [-0.05, 0) is 43.4 Å². The lowest BCUT2D eigenvalue weighted by molar-refractivity contribution is 0.0950. The highest BCUT2D eigenvalue weighted by molar-refractivity contribution is 6.07. The Hall–Kier alpha value is -3.22. The van der Waals surface area contributed by atoms with Gasteiger partial charge in [-0.25, -0.2) is 9.97 Å². The minimum Gasteiger partial charge on any atom is -0.352 e. The highest BCUT2D eigenvalue weighted by Crippen LogP contribution is 2.27. The van der Waals surface area contributed by atoms with Crippen molar-refractivity contribution in [2.24, 2.45) is 5.92 Å². The number of carbonyl (C=O) groups excluding carboxylic acids is 2. The predicted molar refractivity (Wildman–Crippen MR) is 97.2 cm³/mol. The van der Waals surface area contributed by atoms with Gasteiger partial charge in [0.1, 0.15) is 0 Å². The van der Waals surface area contributed by atoms with Gasteiger partial charge in [0.25, 0.3) is 11.8 Å². The fraction of sp³-hybridized carbons (Fsp3) is 0.263. The fourth-order valence-electron chi connectivity index (χ4n) is 2.75. The third-order valence-electron chi connectivity index (χ3n) is 4.52. The second-order valence-corrected chi connectivity index (χ2v) is 6.57. The topological polar surface area (TPSA) is 88.4 Å². The standard InChI is InChI=1S/C19H19N5O2/c1-12-2-5-14(18(25)22-11-13-3-4-13)10-15(12)23-19(26)16-17-21-7-9-24(17)8-6-20-16/h2,5-10,13H,3-4,11H2,1H3,(H,22,25)(H,23,26). The van der Waals surface area contributed by atoms with Gasteiger partial charge in [0.05, 0.1) is 0 Å². The Morgan fingerprint density at radius 1 is 1.15 bits per heavy atom. The molecule has 0 unspecified atom stereocenters. The second kappa shape index (κ2) is 6.59. The van der Waals surface area contributed by atoms with Crippen molar-refractivity contribution < 1.29 is 9.59 Å². The van der Waals surface area contributed by atoms with Crippen LogP contribution in [0.5, 0.6) is 0 Å². The number of hydrogen-bond acceptors (Lipinski definition) is 4. The summed E-state index contributed by atoms with van der Waals surface area (Å²) in [5.41, 5.74) is 2.71. The molecule has 2 amide bonds. The Bertz CT molecular complexity index is 991. The molecule has 2 N–H and O–H groups in total. The molecule has 1 aliphatic carbocycles. The molecule has 26 heavy (non-hydrogen) atoms. The minimum atomic E-state index is -0.361. The van der Waals surface area contributed by atoms with E-state index in [4.69, 9.17) is 0 Å². The number of nitrogens with zero attached hydrogens (tertiary/aromatic N) is 3. The van der Waals surface area contributed by atoms with E-state index in [-0.39, 0.29) is 17.5 Å². The first-order valence-corrected chi connectivity index (χ1v) is 8.59.